The highest BCUT2D eigenvalue weighted by molar-refractivity contribution is 7.10. The highest BCUT2D eigenvalue weighted by Gasteiger charge is 2.17. The number of aryl methyl sites for hydroxylation is 2. The average Bonchev–Trinajstić information content (AvgIpc) is 2.15. The molecule has 16 heavy (non-hydrogen) atoms. The van der Waals surface area contributed by atoms with E-state index in [0.717, 1.165) is 11.1 Å². The smallest absolute Gasteiger partial charge is 0.311 e. The van der Waals surface area contributed by atoms with Crippen LogP contribution in [0, 0.1) is 13.8 Å². The van der Waals surface area contributed by atoms with E-state index in [1.165, 1.54) is 0 Å². The molecular formula is C11H13O4P. The molecule has 0 aliphatic carbocycles. The van der Waals surface area contributed by atoms with Crippen LogP contribution in [-0.2, 0) is 4.79 Å². The van der Waals surface area contributed by atoms with Gasteiger partial charge in [-0.1, -0.05) is 6.07 Å². The molecule has 1 N–H and O–H groups in total. The van der Waals surface area contributed by atoms with Gasteiger partial charge in [-0.3, -0.25) is 9.59 Å². The zero-order valence-electron chi connectivity index (χ0n) is 9.11. The van der Waals surface area contributed by atoms with E-state index >= 15 is 0 Å². The summed E-state index contributed by atoms with van der Waals surface area (Å²) in [6.45, 7) is 3.65. The molecule has 0 aromatic heterocycles. The Morgan fingerprint density at radius 3 is 2.50 bits per heavy atom. The van der Waals surface area contributed by atoms with Crippen molar-refractivity contribution in [2.45, 2.75) is 20.3 Å². The van der Waals surface area contributed by atoms with Crippen molar-refractivity contribution < 1.29 is 19.2 Å². The number of benzene rings is 1. The Kier molecular flexibility index (Phi) is 4.02. The minimum Gasteiger partial charge on any atom is -0.481 e. The average molecular weight is 240 g/mol. The molecule has 0 radical (unpaired) electrons. The van der Waals surface area contributed by atoms with Crippen molar-refractivity contribution in [1.82, 2.24) is 0 Å². The Bertz CT molecular complexity index is 440. The number of carboxylic acids is 1. The fourth-order valence-electron chi connectivity index (χ4n) is 1.55. The number of hydrogen-bond acceptors (Lipinski definition) is 3. The number of rotatable bonds is 4. The van der Waals surface area contributed by atoms with Crippen LogP contribution in [0.4, 0.5) is 0 Å². The molecule has 0 fully saturated rings. The number of carboxylic acid groups (broad SMARTS) is 1. The maximum Gasteiger partial charge on any atom is 0.311 e. The zero-order chi connectivity index (χ0) is 12.3. The van der Waals surface area contributed by atoms with Gasteiger partial charge in [-0.05, 0) is 31.0 Å². The van der Waals surface area contributed by atoms with Gasteiger partial charge < -0.3 is 9.63 Å². The van der Waals surface area contributed by atoms with Gasteiger partial charge in [-0.25, -0.2) is 0 Å². The number of carbonyl (C=O) groups excluding carboxylic acids is 1. The summed E-state index contributed by atoms with van der Waals surface area (Å²) in [6.07, 6.45) is -0.524. The molecule has 1 rings (SSSR count). The predicted molar refractivity (Wildman–Crippen MR) is 62.8 cm³/mol. The summed E-state index contributed by atoms with van der Waals surface area (Å²) >= 11 is 0. The van der Waals surface area contributed by atoms with Crippen LogP contribution < -0.4 is 4.52 Å². The highest BCUT2D eigenvalue weighted by atomic mass is 31.0. The predicted octanol–water partition coefficient (Wildman–Crippen LogP) is 2.13. The quantitative estimate of drug-likeness (QED) is 0.497. The first-order valence-electron chi connectivity index (χ1n) is 4.68. The summed E-state index contributed by atoms with van der Waals surface area (Å²) in [7, 11) is 2.07. The molecule has 1 unspecified atom stereocenters. The number of carbonyl (C=O) groups is 2. The second-order valence-electron chi connectivity index (χ2n) is 3.57. The van der Waals surface area contributed by atoms with Crippen molar-refractivity contribution in [2.75, 3.05) is 0 Å². The van der Waals surface area contributed by atoms with Crippen LogP contribution in [0.25, 0.3) is 0 Å². The van der Waals surface area contributed by atoms with E-state index in [0.29, 0.717) is 11.3 Å². The number of aliphatic carboxylic acids is 1. The molecule has 1 atom stereocenters. The fourth-order valence-corrected chi connectivity index (χ4v) is 1.86. The van der Waals surface area contributed by atoms with E-state index in [4.69, 9.17) is 9.63 Å². The molecule has 0 saturated carbocycles. The summed E-state index contributed by atoms with van der Waals surface area (Å²) in [6, 6.07) is 3.51. The summed E-state index contributed by atoms with van der Waals surface area (Å²) in [5.74, 6) is -1.17. The van der Waals surface area contributed by atoms with Crippen molar-refractivity contribution in [1.29, 1.82) is 0 Å². The molecule has 0 saturated heterocycles. The molecule has 0 aliphatic rings. The maximum atomic E-state index is 11.7. The van der Waals surface area contributed by atoms with Crippen molar-refractivity contribution >= 4 is 21.2 Å². The number of ketones is 1. The molecule has 86 valence electrons. The minimum absolute atomic E-state index is 0.315. The Morgan fingerprint density at radius 1 is 1.38 bits per heavy atom. The van der Waals surface area contributed by atoms with Gasteiger partial charge in [0.2, 0.25) is 0 Å². The molecule has 0 aliphatic heterocycles. The van der Waals surface area contributed by atoms with Crippen LogP contribution in [-0.4, -0.2) is 16.9 Å². The zero-order valence-corrected chi connectivity index (χ0v) is 10.3. The topological polar surface area (TPSA) is 63.6 Å². The molecule has 4 nitrogen and oxygen atoms in total. The molecule has 1 aromatic rings. The second-order valence-corrected chi connectivity index (χ2v) is 3.81. The Balaban J connectivity index is 3.20. The van der Waals surface area contributed by atoms with Gasteiger partial charge >= 0.3 is 5.97 Å². The van der Waals surface area contributed by atoms with Crippen LogP contribution >= 0.6 is 9.47 Å². The van der Waals surface area contributed by atoms with E-state index in [9.17, 15) is 9.59 Å². The standard InChI is InChI=1S/C11H13O4P/c1-6-3-7(2)11(15-16)8(4-6)9(12)5-10(13)14/h3-4H,5,16H2,1-2H3,(H,13,14). The number of hydrogen-bond donors (Lipinski definition) is 1. The fraction of sp³-hybridized carbons (Fsp3) is 0.273. The van der Waals surface area contributed by atoms with Crippen molar-refractivity contribution in [3.8, 4) is 5.75 Å². The van der Waals surface area contributed by atoms with Gasteiger partial charge in [-0.15, -0.1) is 0 Å². The van der Waals surface area contributed by atoms with E-state index in [-0.39, 0.29) is 0 Å². The Hall–Kier alpha value is -1.41. The maximum absolute atomic E-state index is 11.7. The lowest BCUT2D eigenvalue weighted by Crippen LogP contribution is -2.08. The van der Waals surface area contributed by atoms with Crippen LogP contribution in [0.3, 0.4) is 0 Å². The van der Waals surface area contributed by atoms with Gasteiger partial charge in [0.15, 0.2) is 5.78 Å². The normalized spacial score (nSPS) is 9.94. The Labute approximate surface area is 95.9 Å². The van der Waals surface area contributed by atoms with Crippen molar-refractivity contribution in [3.05, 3.63) is 28.8 Å². The van der Waals surface area contributed by atoms with Crippen molar-refractivity contribution in [3.63, 3.8) is 0 Å². The van der Waals surface area contributed by atoms with Crippen LogP contribution in [0.15, 0.2) is 12.1 Å². The number of Topliss-reactive ketones (excluding diaryl/α,β-unsaturated/α-hetero) is 1. The van der Waals surface area contributed by atoms with Crippen LogP contribution in [0.2, 0.25) is 0 Å². The van der Waals surface area contributed by atoms with E-state index in [2.05, 4.69) is 9.47 Å². The van der Waals surface area contributed by atoms with Crippen LogP contribution in [0.1, 0.15) is 27.9 Å². The van der Waals surface area contributed by atoms with Crippen molar-refractivity contribution in [2.24, 2.45) is 0 Å². The third-order valence-corrected chi connectivity index (χ3v) is 2.38. The molecular weight excluding hydrogens is 227 g/mol. The third kappa shape index (κ3) is 2.80. The molecule has 0 amide bonds. The summed E-state index contributed by atoms with van der Waals surface area (Å²) in [5, 5.41) is 8.58. The van der Waals surface area contributed by atoms with Gasteiger partial charge in [-0.2, -0.15) is 0 Å². The van der Waals surface area contributed by atoms with E-state index < -0.39 is 18.2 Å². The minimum atomic E-state index is -1.14. The van der Waals surface area contributed by atoms with E-state index in [1.807, 2.05) is 19.9 Å². The second kappa shape index (κ2) is 5.08. The van der Waals surface area contributed by atoms with Gasteiger partial charge in [0.05, 0.1) is 15.0 Å². The molecule has 0 heterocycles. The molecule has 1 aromatic carbocycles. The Morgan fingerprint density at radius 2 is 2.00 bits per heavy atom. The molecule has 0 bridgehead atoms. The molecule has 0 spiro atoms. The largest absolute Gasteiger partial charge is 0.481 e. The van der Waals surface area contributed by atoms with Gasteiger partial charge in [0.25, 0.3) is 0 Å². The first-order valence-corrected chi connectivity index (χ1v) is 5.15. The summed E-state index contributed by atoms with van der Waals surface area (Å²) < 4.78 is 5.04. The SMILES string of the molecule is Cc1cc(C)c(OP)c(C(=O)CC(=O)O)c1. The summed E-state index contributed by atoms with van der Waals surface area (Å²) in [5.41, 5.74) is 2.02. The highest BCUT2D eigenvalue weighted by Crippen LogP contribution is 2.28. The van der Waals surface area contributed by atoms with Gasteiger partial charge in [0.1, 0.15) is 12.2 Å². The first kappa shape index (κ1) is 12.7. The first-order chi connectivity index (χ1) is 7.45. The van der Waals surface area contributed by atoms with Crippen LogP contribution in [0.5, 0.6) is 5.75 Å². The molecule has 5 heteroatoms. The van der Waals surface area contributed by atoms with E-state index in [1.54, 1.807) is 6.07 Å². The summed E-state index contributed by atoms with van der Waals surface area (Å²) in [4.78, 5) is 22.2. The monoisotopic (exact) mass is 240 g/mol. The van der Waals surface area contributed by atoms with Gasteiger partial charge in [0, 0.05) is 0 Å². The lowest BCUT2D eigenvalue weighted by molar-refractivity contribution is -0.135. The lowest BCUT2D eigenvalue weighted by atomic mass is 10.0. The third-order valence-electron chi connectivity index (χ3n) is 2.15. The lowest BCUT2D eigenvalue weighted by Gasteiger charge is -2.10.